The van der Waals surface area contributed by atoms with Crippen LogP contribution in [0.4, 0.5) is 17.3 Å². The predicted octanol–water partition coefficient (Wildman–Crippen LogP) is 5.05. The monoisotopic (exact) mass is 532 g/mol. The summed E-state index contributed by atoms with van der Waals surface area (Å²) < 4.78 is 6.21. The second kappa shape index (κ2) is 11.8. The summed E-state index contributed by atoms with van der Waals surface area (Å²) in [6, 6.07) is 21.0. The van der Waals surface area contributed by atoms with Gasteiger partial charge in [0.25, 0.3) is 0 Å². The molecule has 1 saturated heterocycles. The van der Waals surface area contributed by atoms with Gasteiger partial charge < -0.3 is 26.4 Å². The zero-order chi connectivity index (χ0) is 28.1. The van der Waals surface area contributed by atoms with Crippen molar-refractivity contribution in [1.82, 2.24) is 9.97 Å². The molecule has 202 valence electrons. The van der Waals surface area contributed by atoms with Crippen molar-refractivity contribution in [2.75, 3.05) is 29.0 Å². The van der Waals surface area contributed by atoms with E-state index in [0.717, 1.165) is 59.6 Å². The van der Waals surface area contributed by atoms with Crippen molar-refractivity contribution >= 4 is 23.2 Å². The summed E-state index contributed by atoms with van der Waals surface area (Å²) in [6.07, 6.45) is 3.52. The van der Waals surface area contributed by atoms with Gasteiger partial charge in [-0.1, -0.05) is 24.0 Å². The number of anilines is 3. The molecule has 2 heterocycles. The van der Waals surface area contributed by atoms with Gasteiger partial charge in [0.2, 0.25) is 17.7 Å². The number of hydrogen-bond donors (Lipinski definition) is 3. The van der Waals surface area contributed by atoms with E-state index in [1.807, 2.05) is 68.4 Å². The minimum Gasteiger partial charge on any atom is -0.438 e. The molecule has 8 nitrogen and oxygen atoms in total. The van der Waals surface area contributed by atoms with Crippen LogP contribution in [0.3, 0.4) is 0 Å². The Kier molecular flexibility index (Phi) is 7.83. The normalized spacial score (nSPS) is 13.3. The Hall–Kier alpha value is -5.03. The van der Waals surface area contributed by atoms with E-state index >= 15 is 0 Å². The summed E-state index contributed by atoms with van der Waals surface area (Å²) in [4.78, 5) is 22.8. The number of nitrogens with two attached hydrogens (primary N) is 2. The van der Waals surface area contributed by atoms with Crippen molar-refractivity contribution in [3.63, 3.8) is 0 Å². The smallest absolute Gasteiger partial charge is 0.248 e. The third-order valence-corrected chi connectivity index (χ3v) is 6.86. The summed E-state index contributed by atoms with van der Waals surface area (Å²) in [6.45, 7) is 5.70. The van der Waals surface area contributed by atoms with Crippen LogP contribution in [0.25, 0.3) is 0 Å². The largest absolute Gasteiger partial charge is 0.438 e. The first-order chi connectivity index (χ1) is 19.3. The molecule has 0 saturated carbocycles. The average Bonchev–Trinajstić information content (AvgIpc) is 2.95. The molecule has 0 bridgehead atoms. The Morgan fingerprint density at radius 1 is 0.975 bits per heavy atom. The highest BCUT2D eigenvalue weighted by Crippen LogP contribution is 2.29. The van der Waals surface area contributed by atoms with E-state index in [4.69, 9.17) is 16.2 Å². The summed E-state index contributed by atoms with van der Waals surface area (Å²) in [5.41, 5.74) is 17.2. The van der Waals surface area contributed by atoms with Crippen LogP contribution in [0.2, 0.25) is 0 Å². The summed E-state index contributed by atoms with van der Waals surface area (Å²) in [5.74, 6) is 7.73. The number of aryl methyl sites for hydroxylation is 2. The SMILES string of the molecule is Cc1cc(C#Cc2cccc(N)c2)cc(C)c1Oc1ccnc(NC2CCN(c3cccc(C(N)=O)c3)CC2)n1. The molecule has 0 radical (unpaired) electrons. The fourth-order valence-corrected chi connectivity index (χ4v) is 4.84. The van der Waals surface area contributed by atoms with Crippen LogP contribution >= 0.6 is 0 Å². The number of benzene rings is 3. The molecule has 0 atom stereocenters. The van der Waals surface area contributed by atoms with Crippen LogP contribution in [-0.2, 0) is 0 Å². The zero-order valence-electron chi connectivity index (χ0n) is 22.6. The molecule has 1 aliphatic rings. The quantitative estimate of drug-likeness (QED) is 0.235. The number of piperidine rings is 1. The molecule has 8 heteroatoms. The molecule has 1 aliphatic heterocycles. The van der Waals surface area contributed by atoms with Gasteiger partial charge in [-0.2, -0.15) is 4.98 Å². The van der Waals surface area contributed by atoms with Gasteiger partial charge in [0.1, 0.15) is 5.75 Å². The number of primary amides is 1. The summed E-state index contributed by atoms with van der Waals surface area (Å²) in [5, 5.41) is 3.45. The number of aromatic nitrogens is 2. The Labute approximate surface area is 234 Å². The Morgan fingerprint density at radius 3 is 2.42 bits per heavy atom. The molecule has 1 amide bonds. The lowest BCUT2D eigenvalue weighted by atomic mass is 10.0. The number of nitrogen functional groups attached to an aromatic ring is 1. The molecule has 0 aliphatic carbocycles. The maximum absolute atomic E-state index is 11.5. The number of nitrogens with one attached hydrogen (secondary N) is 1. The second-order valence-corrected chi connectivity index (χ2v) is 9.96. The Bertz CT molecular complexity index is 1580. The van der Waals surface area contributed by atoms with Crippen molar-refractivity contribution in [2.45, 2.75) is 32.7 Å². The second-order valence-electron chi connectivity index (χ2n) is 9.96. The van der Waals surface area contributed by atoms with Gasteiger partial charge in [0, 0.05) is 59.5 Å². The van der Waals surface area contributed by atoms with Crippen molar-refractivity contribution in [3.05, 3.63) is 101 Å². The van der Waals surface area contributed by atoms with Gasteiger partial charge in [-0.15, -0.1) is 0 Å². The molecule has 40 heavy (non-hydrogen) atoms. The molecular formula is C32H32N6O2. The van der Waals surface area contributed by atoms with E-state index in [1.165, 1.54) is 0 Å². The maximum atomic E-state index is 11.5. The van der Waals surface area contributed by atoms with Crippen molar-refractivity contribution < 1.29 is 9.53 Å². The molecule has 5 N–H and O–H groups in total. The third-order valence-electron chi connectivity index (χ3n) is 6.86. The van der Waals surface area contributed by atoms with E-state index in [-0.39, 0.29) is 6.04 Å². The number of carbonyl (C=O) groups excluding carboxylic acids is 1. The highest BCUT2D eigenvalue weighted by molar-refractivity contribution is 5.93. The van der Waals surface area contributed by atoms with Crippen LogP contribution in [-0.4, -0.2) is 35.0 Å². The van der Waals surface area contributed by atoms with Crippen LogP contribution in [0.1, 0.15) is 45.5 Å². The molecular weight excluding hydrogens is 500 g/mol. The van der Waals surface area contributed by atoms with Gasteiger partial charge in [0.15, 0.2) is 0 Å². The maximum Gasteiger partial charge on any atom is 0.248 e. The third kappa shape index (κ3) is 6.51. The molecule has 3 aromatic carbocycles. The van der Waals surface area contributed by atoms with E-state index in [1.54, 1.807) is 18.3 Å². The first-order valence-electron chi connectivity index (χ1n) is 13.2. The molecule has 4 aromatic rings. The number of carbonyl (C=O) groups is 1. The molecule has 1 aromatic heterocycles. The van der Waals surface area contributed by atoms with Gasteiger partial charge in [0.05, 0.1) is 0 Å². The highest BCUT2D eigenvalue weighted by Gasteiger charge is 2.21. The van der Waals surface area contributed by atoms with Crippen LogP contribution in [0, 0.1) is 25.7 Å². The van der Waals surface area contributed by atoms with Gasteiger partial charge >= 0.3 is 0 Å². The predicted molar refractivity (Wildman–Crippen MR) is 159 cm³/mol. The first kappa shape index (κ1) is 26.6. The Balaban J connectivity index is 1.21. The number of hydrogen-bond acceptors (Lipinski definition) is 7. The molecule has 0 unspecified atom stereocenters. The van der Waals surface area contributed by atoms with E-state index in [0.29, 0.717) is 23.1 Å². The standard InChI is InChI=1S/C32H32N6O2/c1-21-17-24(10-9-23-5-3-7-26(33)19-23)18-22(2)30(21)40-29-11-14-35-32(37-29)36-27-12-15-38(16-13-27)28-8-4-6-25(20-28)31(34)39/h3-8,11,14,17-20,27H,12-13,15-16,33H2,1-2H3,(H2,34,39)(H,35,36,37). The minimum absolute atomic E-state index is 0.229. The highest BCUT2D eigenvalue weighted by atomic mass is 16.5. The van der Waals surface area contributed by atoms with Crippen LogP contribution in [0.15, 0.2) is 72.9 Å². The molecule has 5 rings (SSSR count). The minimum atomic E-state index is -0.415. The zero-order valence-corrected chi connectivity index (χ0v) is 22.6. The van der Waals surface area contributed by atoms with Crippen LogP contribution in [0.5, 0.6) is 11.6 Å². The average molecular weight is 533 g/mol. The first-order valence-corrected chi connectivity index (χ1v) is 13.2. The Morgan fingerprint density at radius 2 is 1.70 bits per heavy atom. The number of nitrogens with zero attached hydrogens (tertiary/aromatic N) is 3. The van der Waals surface area contributed by atoms with E-state index in [9.17, 15) is 4.79 Å². The number of rotatable bonds is 6. The topological polar surface area (TPSA) is 119 Å². The lowest BCUT2D eigenvalue weighted by Crippen LogP contribution is -2.39. The molecule has 1 fully saturated rings. The van der Waals surface area contributed by atoms with Crippen LogP contribution < -0.4 is 26.4 Å². The van der Waals surface area contributed by atoms with Gasteiger partial charge in [-0.3, -0.25) is 4.79 Å². The van der Waals surface area contributed by atoms with Crippen molar-refractivity contribution in [2.24, 2.45) is 5.73 Å². The lowest BCUT2D eigenvalue weighted by molar-refractivity contribution is 0.100. The van der Waals surface area contributed by atoms with Gasteiger partial charge in [-0.05, 0) is 86.3 Å². The lowest BCUT2D eigenvalue weighted by Gasteiger charge is -2.34. The number of amides is 1. The summed E-state index contributed by atoms with van der Waals surface area (Å²) >= 11 is 0. The summed E-state index contributed by atoms with van der Waals surface area (Å²) in [7, 11) is 0. The fourth-order valence-electron chi connectivity index (χ4n) is 4.84. The fraction of sp³-hybridized carbons (Fsp3) is 0.219. The van der Waals surface area contributed by atoms with Crippen molar-refractivity contribution in [3.8, 4) is 23.5 Å². The van der Waals surface area contributed by atoms with E-state index in [2.05, 4.69) is 32.0 Å². The van der Waals surface area contributed by atoms with Gasteiger partial charge in [-0.25, -0.2) is 4.98 Å². The number of ether oxygens (including phenoxy) is 1. The van der Waals surface area contributed by atoms with E-state index < -0.39 is 5.91 Å². The molecule has 0 spiro atoms. The van der Waals surface area contributed by atoms with Crippen molar-refractivity contribution in [1.29, 1.82) is 0 Å².